The Bertz CT molecular complexity index is 414. The number of carboxylic acid groups (broad SMARTS) is 2. The van der Waals surface area contributed by atoms with Crippen molar-refractivity contribution in [1.29, 1.82) is 0 Å². The van der Waals surface area contributed by atoms with Gasteiger partial charge in [-0.15, -0.1) is 0 Å². The van der Waals surface area contributed by atoms with Crippen molar-refractivity contribution < 1.29 is 19.8 Å². The van der Waals surface area contributed by atoms with E-state index in [1.54, 1.807) is 13.8 Å². The van der Waals surface area contributed by atoms with Crippen molar-refractivity contribution in [2.75, 3.05) is 0 Å². The quantitative estimate of drug-likeness (QED) is 0.655. The Morgan fingerprint density at radius 1 is 0.947 bits per heavy atom. The smallest absolute Gasteiger partial charge is 0.404 e. The maximum Gasteiger partial charge on any atom is 0.404 e. The first-order chi connectivity index (χ1) is 8.91. The van der Waals surface area contributed by atoms with E-state index in [2.05, 4.69) is 10.6 Å². The van der Waals surface area contributed by atoms with Gasteiger partial charge in [-0.1, -0.05) is 30.3 Å². The lowest BCUT2D eigenvalue weighted by atomic mass is 9.86. The van der Waals surface area contributed by atoms with Gasteiger partial charge in [-0.3, -0.25) is 0 Å². The van der Waals surface area contributed by atoms with Crippen LogP contribution >= 0.6 is 0 Å². The molecule has 6 heteroatoms. The van der Waals surface area contributed by atoms with Gasteiger partial charge in [0.15, 0.2) is 0 Å². The van der Waals surface area contributed by atoms with Gasteiger partial charge < -0.3 is 20.8 Å². The van der Waals surface area contributed by atoms with E-state index >= 15 is 0 Å². The Hall–Kier alpha value is -2.24. The second-order valence-electron chi connectivity index (χ2n) is 4.41. The molecule has 0 aliphatic rings. The van der Waals surface area contributed by atoms with E-state index in [0.717, 1.165) is 5.56 Å². The molecule has 0 saturated carbocycles. The number of rotatable bonds is 5. The summed E-state index contributed by atoms with van der Waals surface area (Å²) in [5.74, 6) is -0.284. The number of nitrogens with one attached hydrogen (secondary N) is 2. The van der Waals surface area contributed by atoms with E-state index in [1.165, 1.54) is 0 Å². The molecular weight excluding hydrogens is 248 g/mol. The van der Waals surface area contributed by atoms with Gasteiger partial charge >= 0.3 is 12.2 Å². The highest BCUT2D eigenvalue weighted by Crippen LogP contribution is 2.23. The van der Waals surface area contributed by atoms with Crippen LogP contribution in [0.5, 0.6) is 0 Å². The van der Waals surface area contributed by atoms with Crippen molar-refractivity contribution in [3.05, 3.63) is 35.9 Å². The zero-order valence-corrected chi connectivity index (χ0v) is 10.8. The van der Waals surface area contributed by atoms with Gasteiger partial charge in [0, 0.05) is 18.0 Å². The predicted octanol–water partition coefficient (Wildman–Crippen LogP) is 2.08. The summed E-state index contributed by atoms with van der Waals surface area (Å²) in [6, 6.07) is 8.40. The minimum atomic E-state index is -1.13. The molecule has 0 bridgehead atoms. The van der Waals surface area contributed by atoms with E-state index in [0.29, 0.717) is 0 Å². The van der Waals surface area contributed by atoms with Gasteiger partial charge in [-0.25, -0.2) is 9.59 Å². The predicted molar refractivity (Wildman–Crippen MR) is 70.4 cm³/mol. The molecule has 4 N–H and O–H groups in total. The third-order valence-corrected chi connectivity index (χ3v) is 2.96. The van der Waals surface area contributed by atoms with Gasteiger partial charge in [0.2, 0.25) is 0 Å². The molecule has 0 saturated heterocycles. The molecule has 0 aliphatic carbocycles. The van der Waals surface area contributed by atoms with Crippen molar-refractivity contribution in [1.82, 2.24) is 10.6 Å². The first kappa shape index (κ1) is 14.8. The Balaban J connectivity index is 2.96. The van der Waals surface area contributed by atoms with Crippen molar-refractivity contribution in [3.8, 4) is 0 Å². The number of amides is 2. The van der Waals surface area contributed by atoms with Crippen LogP contribution in [-0.4, -0.2) is 34.5 Å². The molecule has 6 nitrogen and oxygen atoms in total. The molecule has 1 aromatic carbocycles. The molecule has 2 unspecified atom stereocenters. The Labute approximate surface area is 111 Å². The van der Waals surface area contributed by atoms with Crippen LogP contribution in [-0.2, 0) is 0 Å². The van der Waals surface area contributed by atoms with Crippen molar-refractivity contribution >= 4 is 12.2 Å². The Morgan fingerprint density at radius 3 is 1.74 bits per heavy atom. The van der Waals surface area contributed by atoms with Crippen LogP contribution in [0.3, 0.4) is 0 Å². The molecule has 0 spiro atoms. The zero-order valence-electron chi connectivity index (χ0n) is 10.8. The molecule has 0 radical (unpaired) electrons. The molecule has 1 aromatic rings. The largest absolute Gasteiger partial charge is 0.465 e. The monoisotopic (exact) mass is 266 g/mol. The van der Waals surface area contributed by atoms with Crippen LogP contribution in [0.25, 0.3) is 0 Å². The standard InChI is InChI=1S/C13H18N2O4/c1-8(14-12(16)17)11(9(2)15-13(18)19)10-6-4-3-5-7-10/h3-9,11,14-15H,1-2H3,(H,16,17)(H,18,19). The number of benzene rings is 1. The third kappa shape index (κ3) is 4.50. The van der Waals surface area contributed by atoms with Gasteiger partial charge in [-0.05, 0) is 19.4 Å². The van der Waals surface area contributed by atoms with E-state index in [4.69, 9.17) is 10.2 Å². The molecule has 2 amide bonds. The molecule has 0 fully saturated rings. The summed E-state index contributed by atoms with van der Waals surface area (Å²) in [5.41, 5.74) is 0.880. The van der Waals surface area contributed by atoms with Crippen molar-refractivity contribution in [2.24, 2.45) is 0 Å². The summed E-state index contributed by atoms with van der Waals surface area (Å²) in [6.45, 7) is 3.43. The van der Waals surface area contributed by atoms with E-state index in [-0.39, 0.29) is 5.92 Å². The van der Waals surface area contributed by atoms with E-state index in [1.807, 2.05) is 30.3 Å². The van der Waals surface area contributed by atoms with Crippen LogP contribution in [0.15, 0.2) is 30.3 Å². The maximum absolute atomic E-state index is 10.7. The SMILES string of the molecule is CC(NC(=O)O)C(c1ccccc1)C(C)NC(=O)O. The Kier molecular flexibility index (Phi) is 5.17. The van der Waals surface area contributed by atoms with Crippen molar-refractivity contribution in [3.63, 3.8) is 0 Å². The normalized spacial score (nSPS) is 15.1. The molecule has 2 atom stereocenters. The lowest BCUT2D eigenvalue weighted by Crippen LogP contribution is -2.46. The summed E-state index contributed by atoms with van der Waals surface area (Å²) in [6.07, 6.45) is -2.26. The summed E-state index contributed by atoms with van der Waals surface area (Å²) in [4.78, 5) is 21.5. The average Bonchev–Trinajstić information content (AvgIpc) is 2.28. The van der Waals surface area contributed by atoms with Gasteiger partial charge in [0.1, 0.15) is 0 Å². The number of hydrogen-bond donors (Lipinski definition) is 4. The van der Waals surface area contributed by atoms with Gasteiger partial charge in [-0.2, -0.15) is 0 Å². The maximum atomic E-state index is 10.7. The lowest BCUT2D eigenvalue weighted by Gasteiger charge is -2.29. The molecule has 19 heavy (non-hydrogen) atoms. The zero-order chi connectivity index (χ0) is 14.4. The highest BCUT2D eigenvalue weighted by Gasteiger charge is 2.27. The topological polar surface area (TPSA) is 98.7 Å². The van der Waals surface area contributed by atoms with Crippen LogP contribution < -0.4 is 10.6 Å². The molecular formula is C13H18N2O4. The Morgan fingerprint density at radius 2 is 1.37 bits per heavy atom. The molecule has 0 aromatic heterocycles. The lowest BCUT2D eigenvalue weighted by molar-refractivity contribution is 0.182. The molecule has 104 valence electrons. The fourth-order valence-electron chi connectivity index (χ4n) is 2.25. The van der Waals surface area contributed by atoms with Crippen molar-refractivity contribution in [2.45, 2.75) is 31.8 Å². The van der Waals surface area contributed by atoms with Crippen LogP contribution in [0, 0.1) is 0 Å². The summed E-state index contributed by atoms with van der Waals surface area (Å²) in [7, 11) is 0. The van der Waals surface area contributed by atoms with Crippen LogP contribution in [0.4, 0.5) is 9.59 Å². The van der Waals surface area contributed by atoms with Gasteiger partial charge in [0.05, 0.1) is 0 Å². The van der Waals surface area contributed by atoms with E-state index < -0.39 is 24.3 Å². The second-order valence-corrected chi connectivity index (χ2v) is 4.41. The van der Waals surface area contributed by atoms with Crippen LogP contribution in [0.2, 0.25) is 0 Å². The second kappa shape index (κ2) is 6.63. The van der Waals surface area contributed by atoms with E-state index in [9.17, 15) is 9.59 Å². The third-order valence-electron chi connectivity index (χ3n) is 2.96. The summed E-state index contributed by atoms with van der Waals surface area (Å²) >= 11 is 0. The molecule has 1 rings (SSSR count). The fraction of sp³-hybridized carbons (Fsp3) is 0.385. The highest BCUT2D eigenvalue weighted by atomic mass is 16.4. The minimum Gasteiger partial charge on any atom is -0.465 e. The minimum absolute atomic E-state index is 0.284. The first-order valence-electron chi connectivity index (χ1n) is 5.95. The molecule has 0 heterocycles. The number of hydrogen-bond acceptors (Lipinski definition) is 2. The average molecular weight is 266 g/mol. The number of carbonyl (C=O) groups is 2. The van der Waals surface area contributed by atoms with Crippen LogP contribution in [0.1, 0.15) is 25.3 Å². The van der Waals surface area contributed by atoms with Gasteiger partial charge in [0.25, 0.3) is 0 Å². The fourth-order valence-corrected chi connectivity index (χ4v) is 2.25. The summed E-state index contributed by atoms with van der Waals surface area (Å²) in [5, 5.41) is 22.3. The first-order valence-corrected chi connectivity index (χ1v) is 5.95. The summed E-state index contributed by atoms with van der Waals surface area (Å²) < 4.78 is 0. The highest BCUT2D eigenvalue weighted by molar-refractivity contribution is 5.66. The molecule has 0 aliphatic heterocycles.